The highest BCUT2D eigenvalue weighted by atomic mass is 32.2. The number of nitrogens with zero attached hydrogens (tertiary/aromatic N) is 3. The van der Waals surface area contributed by atoms with Crippen LogP contribution < -0.4 is 0 Å². The quantitative estimate of drug-likeness (QED) is 0.786. The number of amides is 1. The molecule has 5 nitrogen and oxygen atoms in total. The maximum atomic E-state index is 12.1. The topological polar surface area (TPSA) is 55.3 Å². The fraction of sp³-hybridized carbons (Fsp3) is 0.667. The molecule has 6 heteroatoms. The molecule has 1 aromatic rings. The second kappa shape index (κ2) is 6.64. The molecule has 0 radical (unpaired) electrons. The first-order chi connectivity index (χ1) is 9.89. The van der Waals surface area contributed by atoms with Gasteiger partial charge in [0.05, 0.1) is 17.6 Å². The summed E-state index contributed by atoms with van der Waals surface area (Å²) in [4.78, 5) is 23.1. The summed E-state index contributed by atoms with van der Waals surface area (Å²) in [7, 11) is 0. The highest BCUT2D eigenvalue weighted by molar-refractivity contribution is 7.99. The number of hydrogen-bond donors (Lipinski definition) is 0. The molecule has 0 bridgehead atoms. The van der Waals surface area contributed by atoms with Crippen molar-refractivity contribution >= 4 is 17.9 Å². The van der Waals surface area contributed by atoms with Gasteiger partial charge in [0.25, 0.3) is 0 Å². The number of hydrogen-bond acceptors (Lipinski definition) is 5. The largest absolute Gasteiger partial charge is 0.444 e. The third-order valence-electron chi connectivity index (χ3n) is 3.09. The molecule has 0 fully saturated rings. The van der Waals surface area contributed by atoms with Crippen molar-refractivity contribution in [3.8, 4) is 0 Å². The van der Waals surface area contributed by atoms with Gasteiger partial charge in [-0.25, -0.2) is 9.78 Å². The summed E-state index contributed by atoms with van der Waals surface area (Å²) in [5.41, 5.74) is 1.55. The van der Waals surface area contributed by atoms with Crippen molar-refractivity contribution in [2.75, 3.05) is 18.8 Å². The van der Waals surface area contributed by atoms with Gasteiger partial charge in [-0.1, -0.05) is 6.92 Å². The van der Waals surface area contributed by atoms with Crippen LogP contribution in [0.25, 0.3) is 0 Å². The minimum atomic E-state index is -0.461. The number of ether oxygens (including phenoxy) is 1. The molecule has 0 spiro atoms. The van der Waals surface area contributed by atoms with Gasteiger partial charge in [0.2, 0.25) is 0 Å². The molecule has 0 saturated carbocycles. The van der Waals surface area contributed by atoms with Gasteiger partial charge >= 0.3 is 6.09 Å². The van der Waals surface area contributed by atoms with Gasteiger partial charge in [0.1, 0.15) is 10.6 Å². The SMILES string of the molecule is CCSc1cnc2c(n1)CCN(C(=O)OC(C)(C)C)CC2. The van der Waals surface area contributed by atoms with E-state index in [1.807, 2.05) is 27.0 Å². The second-order valence-electron chi connectivity index (χ2n) is 6.00. The summed E-state index contributed by atoms with van der Waals surface area (Å²) in [5, 5.41) is 0.960. The van der Waals surface area contributed by atoms with Crippen molar-refractivity contribution in [2.24, 2.45) is 0 Å². The molecule has 2 rings (SSSR count). The highest BCUT2D eigenvalue weighted by Gasteiger charge is 2.25. The van der Waals surface area contributed by atoms with Crippen molar-refractivity contribution in [1.82, 2.24) is 14.9 Å². The van der Waals surface area contributed by atoms with Crippen LogP contribution >= 0.6 is 11.8 Å². The highest BCUT2D eigenvalue weighted by Crippen LogP contribution is 2.19. The Morgan fingerprint density at radius 2 is 2.00 bits per heavy atom. The lowest BCUT2D eigenvalue weighted by Gasteiger charge is -2.26. The van der Waals surface area contributed by atoms with Crippen LogP contribution in [0, 0.1) is 0 Å². The summed E-state index contributed by atoms with van der Waals surface area (Å²) in [6, 6.07) is 0. The van der Waals surface area contributed by atoms with E-state index >= 15 is 0 Å². The molecule has 1 amide bonds. The second-order valence-corrected chi connectivity index (χ2v) is 7.29. The molecule has 1 aliphatic heterocycles. The van der Waals surface area contributed by atoms with Gasteiger partial charge in [-0.2, -0.15) is 0 Å². The number of rotatable bonds is 2. The van der Waals surface area contributed by atoms with E-state index in [9.17, 15) is 4.79 Å². The third kappa shape index (κ3) is 4.59. The first-order valence-corrected chi connectivity index (χ1v) is 8.33. The summed E-state index contributed by atoms with van der Waals surface area (Å²) in [6.45, 7) is 9.02. The van der Waals surface area contributed by atoms with E-state index in [0.29, 0.717) is 13.1 Å². The van der Waals surface area contributed by atoms with E-state index in [1.54, 1.807) is 16.7 Å². The summed E-state index contributed by atoms with van der Waals surface area (Å²) >= 11 is 1.69. The zero-order valence-corrected chi connectivity index (χ0v) is 14.0. The predicted molar refractivity (Wildman–Crippen MR) is 83.6 cm³/mol. The Hall–Kier alpha value is -1.30. The molecule has 116 valence electrons. The first-order valence-electron chi connectivity index (χ1n) is 7.34. The third-order valence-corrected chi connectivity index (χ3v) is 3.87. The fourth-order valence-corrected chi connectivity index (χ4v) is 2.76. The molecule has 1 aliphatic rings. The zero-order valence-electron chi connectivity index (χ0n) is 13.2. The zero-order chi connectivity index (χ0) is 15.5. The Morgan fingerprint density at radius 1 is 1.33 bits per heavy atom. The summed E-state index contributed by atoms with van der Waals surface area (Å²) in [5.74, 6) is 0.984. The Labute approximate surface area is 130 Å². The van der Waals surface area contributed by atoms with Crippen LogP contribution in [0.2, 0.25) is 0 Å². The van der Waals surface area contributed by atoms with Crippen molar-refractivity contribution in [3.05, 3.63) is 17.6 Å². The standard InChI is InChI=1S/C15H23N3O2S/c1-5-21-13-10-16-11-6-8-18(9-7-12(11)17-13)14(19)20-15(2,3)4/h10H,5-9H2,1-4H3. The summed E-state index contributed by atoms with van der Waals surface area (Å²) in [6.07, 6.45) is 3.05. The van der Waals surface area contributed by atoms with Gasteiger partial charge in [0.15, 0.2) is 0 Å². The van der Waals surface area contributed by atoms with Gasteiger partial charge in [-0.05, 0) is 26.5 Å². The molecular formula is C15H23N3O2S. The number of thioether (sulfide) groups is 1. The van der Waals surface area contributed by atoms with Crippen molar-refractivity contribution in [2.45, 2.75) is 51.2 Å². The van der Waals surface area contributed by atoms with Crippen LogP contribution in [0.15, 0.2) is 11.2 Å². The molecule has 1 aromatic heterocycles. The van der Waals surface area contributed by atoms with Crippen molar-refractivity contribution in [1.29, 1.82) is 0 Å². The van der Waals surface area contributed by atoms with Gasteiger partial charge < -0.3 is 9.64 Å². The fourth-order valence-electron chi connectivity index (χ4n) is 2.16. The lowest BCUT2D eigenvalue weighted by molar-refractivity contribution is 0.0258. The maximum Gasteiger partial charge on any atom is 0.410 e. The lowest BCUT2D eigenvalue weighted by Crippen LogP contribution is -2.38. The Balaban J connectivity index is 2.04. The minimum absolute atomic E-state index is 0.251. The van der Waals surface area contributed by atoms with E-state index in [2.05, 4.69) is 16.9 Å². The van der Waals surface area contributed by atoms with E-state index < -0.39 is 5.60 Å². The molecule has 0 aliphatic carbocycles. The molecule has 0 atom stereocenters. The molecule has 2 heterocycles. The molecular weight excluding hydrogens is 286 g/mol. The molecule has 0 saturated heterocycles. The van der Waals surface area contributed by atoms with E-state index in [4.69, 9.17) is 4.74 Å². The van der Waals surface area contributed by atoms with Crippen molar-refractivity contribution < 1.29 is 9.53 Å². The molecule has 21 heavy (non-hydrogen) atoms. The van der Waals surface area contributed by atoms with Gasteiger partial charge in [-0.3, -0.25) is 4.98 Å². The van der Waals surface area contributed by atoms with Crippen LogP contribution in [0.4, 0.5) is 4.79 Å². The molecule has 0 N–H and O–H groups in total. The van der Waals surface area contributed by atoms with Gasteiger partial charge in [-0.15, -0.1) is 11.8 Å². The van der Waals surface area contributed by atoms with E-state index in [-0.39, 0.29) is 6.09 Å². The van der Waals surface area contributed by atoms with Crippen LogP contribution in [0.1, 0.15) is 39.1 Å². The van der Waals surface area contributed by atoms with Crippen LogP contribution in [0.5, 0.6) is 0 Å². The average Bonchev–Trinajstić information content (AvgIpc) is 2.59. The van der Waals surface area contributed by atoms with Crippen LogP contribution in [-0.4, -0.2) is 45.4 Å². The Kier molecular flexibility index (Phi) is 5.08. The number of fused-ring (bicyclic) bond motifs is 1. The predicted octanol–water partition coefficient (Wildman–Crippen LogP) is 2.92. The van der Waals surface area contributed by atoms with Crippen molar-refractivity contribution in [3.63, 3.8) is 0 Å². The Morgan fingerprint density at radius 3 is 2.62 bits per heavy atom. The Bertz CT molecular complexity index is 514. The number of carbonyl (C=O) groups is 1. The first kappa shape index (κ1) is 16.1. The number of aromatic nitrogens is 2. The van der Waals surface area contributed by atoms with Gasteiger partial charge in [0, 0.05) is 25.9 Å². The van der Waals surface area contributed by atoms with E-state index in [1.165, 1.54) is 0 Å². The minimum Gasteiger partial charge on any atom is -0.444 e. The normalized spacial score (nSPS) is 15.3. The van der Waals surface area contributed by atoms with Crippen LogP contribution in [0.3, 0.4) is 0 Å². The van der Waals surface area contributed by atoms with Crippen LogP contribution in [-0.2, 0) is 17.6 Å². The van der Waals surface area contributed by atoms with E-state index in [0.717, 1.165) is 35.0 Å². The summed E-state index contributed by atoms with van der Waals surface area (Å²) < 4.78 is 5.44. The lowest BCUT2D eigenvalue weighted by atomic mass is 10.2. The monoisotopic (exact) mass is 309 g/mol. The smallest absolute Gasteiger partial charge is 0.410 e. The molecule has 0 unspecified atom stereocenters. The average molecular weight is 309 g/mol. The maximum absolute atomic E-state index is 12.1. The number of carbonyl (C=O) groups excluding carboxylic acids is 1. The molecule has 0 aromatic carbocycles.